The molecule has 47 heavy (non-hydrogen) atoms. The van der Waals surface area contributed by atoms with E-state index in [2.05, 4.69) is 24.4 Å². The van der Waals surface area contributed by atoms with Crippen LogP contribution in [0.1, 0.15) is 53.9 Å². The number of likely N-dealkylation sites (tertiary alicyclic amines) is 1. The van der Waals surface area contributed by atoms with E-state index in [-0.39, 0.29) is 34.3 Å². The van der Waals surface area contributed by atoms with Crippen LogP contribution in [0.15, 0.2) is 66.0 Å². The molecule has 1 aliphatic rings. The second-order valence-corrected chi connectivity index (χ2v) is 14.9. The predicted octanol–water partition coefficient (Wildman–Crippen LogP) is 6.78. The first-order valence-electron chi connectivity index (χ1n) is 15.2. The minimum Gasteiger partial charge on any atom is -0.848 e. The Bertz CT molecular complexity index is 1750. The van der Waals surface area contributed by atoms with Crippen molar-refractivity contribution in [3.05, 3.63) is 105 Å². The highest BCUT2D eigenvalue weighted by molar-refractivity contribution is 7.98. The van der Waals surface area contributed by atoms with Crippen molar-refractivity contribution in [3.63, 3.8) is 0 Å². The number of nitrogens with one attached hydrogen (secondary N) is 1. The van der Waals surface area contributed by atoms with Crippen molar-refractivity contribution >= 4 is 40.9 Å². The largest absolute Gasteiger partial charge is 0.848 e. The molecule has 0 radical (unpaired) electrons. The molecule has 0 atom stereocenters. The zero-order valence-electron chi connectivity index (χ0n) is 27.0. The molecule has 1 fully saturated rings. The van der Waals surface area contributed by atoms with Crippen LogP contribution >= 0.6 is 35.0 Å². The summed E-state index contributed by atoms with van der Waals surface area (Å²) in [5, 5.41) is 16.9. The highest BCUT2D eigenvalue weighted by atomic mass is 35.5. The standard InChI is InChI=1S/C35H38Cl2F2N4O3S/c1-34(2,23-6-11-27(36)30(18-23)46-5)31-19-40-33(42(31)25-9-7-24(38)8-10-25)47-20-26-28(37)16-22(17-29(26)39)32(44)41-21-35(45)12-14-43(3,4)15-13-35/h6-11,16-19H,12-15,20-21H2,1-5H3,(H,41,44). The van der Waals surface area contributed by atoms with E-state index < -0.39 is 22.7 Å². The lowest BCUT2D eigenvalue weighted by atomic mass is 9.81. The van der Waals surface area contributed by atoms with Gasteiger partial charge in [0.15, 0.2) is 5.16 Å². The zero-order valence-corrected chi connectivity index (χ0v) is 29.3. The van der Waals surface area contributed by atoms with Gasteiger partial charge in [0, 0.05) is 39.5 Å². The van der Waals surface area contributed by atoms with E-state index in [1.54, 1.807) is 31.5 Å². The third-order valence-corrected chi connectivity index (χ3v) is 10.6. The molecule has 1 aromatic heterocycles. The third kappa shape index (κ3) is 7.78. The highest BCUT2D eigenvalue weighted by Crippen LogP contribution is 2.40. The minimum atomic E-state index is -1.25. The maximum atomic E-state index is 15.5. The summed E-state index contributed by atoms with van der Waals surface area (Å²) in [5.74, 6) is -0.921. The van der Waals surface area contributed by atoms with Gasteiger partial charge < -0.3 is 19.6 Å². The number of hydrogen-bond acceptors (Lipinski definition) is 5. The average molecular weight is 704 g/mol. The van der Waals surface area contributed by atoms with Crippen molar-refractivity contribution in [2.45, 2.75) is 48.6 Å². The number of piperidine rings is 1. The second-order valence-electron chi connectivity index (χ2n) is 13.2. The first-order chi connectivity index (χ1) is 22.1. The van der Waals surface area contributed by atoms with Crippen LogP contribution in [0.3, 0.4) is 0 Å². The lowest BCUT2D eigenvalue weighted by Crippen LogP contribution is -2.62. The lowest BCUT2D eigenvalue weighted by Gasteiger charge is -2.49. The van der Waals surface area contributed by atoms with Gasteiger partial charge in [0.25, 0.3) is 5.91 Å². The Hall–Kier alpha value is -3.15. The summed E-state index contributed by atoms with van der Waals surface area (Å²) < 4.78 is 37.5. The summed E-state index contributed by atoms with van der Waals surface area (Å²) in [7, 11) is 5.72. The molecule has 0 bridgehead atoms. The molecule has 1 aliphatic heterocycles. The number of hydrogen-bond donors (Lipinski definition) is 1. The van der Waals surface area contributed by atoms with E-state index in [4.69, 9.17) is 27.9 Å². The number of quaternary nitrogens is 1. The van der Waals surface area contributed by atoms with Crippen molar-refractivity contribution in [2.24, 2.45) is 0 Å². The summed E-state index contributed by atoms with van der Waals surface area (Å²) in [5.41, 5.74) is 0.783. The maximum Gasteiger partial charge on any atom is 0.251 e. The molecule has 0 saturated carbocycles. The van der Waals surface area contributed by atoms with Gasteiger partial charge in [-0.15, -0.1) is 0 Å². The average Bonchev–Trinajstić information content (AvgIpc) is 3.46. The first kappa shape index (κ1) is 35.2. The number of imidazole rings is 1. The van der Waals surface area contributed by atoms with Crippen LogP contribution < -0.4 is 15.2 Å². The maximum absolute atomic E-state index is 15.5. The smallest absolute Gasteiger partial charge is 0.251 e. The SMILES string of the molecule is COc1cc(C(C)(C)c2cnc(SCc3c(F)cc(C(=O)NCC4([O-])CC[N+](C)(C)CC4)cc3Cl)n2-c2ccc(F)cc2)ccc1Cl. The molecule has 5 rings (SSSR count). The fourth-order valence-corrected chi connectivity index (χ4v) is 7.27. The fourth-order valence-electron chi connectivity index (χ4n) is 5.69. The monoisotopic (exact) mass is 702 g/mol. The van der Waals surface area contributed by atoms with Crippen LogP contribution in [0, 0.1) is 11.6 Å². The van der Waals surface area contributed by atoms with Crippen LogP contribution in [-0.4, -0.2) is 66.4 Å². The van der Waals surface area contributed by atoms with Crippen molar-refractivity contribution in [3.8, 4) is 11.4 Å². The van der Waals surface area contributed by atoms with Gasteiger partial charge in [-0.3, -0.25) is 9.36 Å². The number of methoxy groups -OCH3 is 1. The molecule has 4 aromatic rings. The number of thioether (sulfide) groups is 1. The van der Waals surface area contributed by atoms with E-state index in [0.717, 1.165) is 34.9 Å². The lowest BCUT2D eigenvalue weighted by molar-refractivity contribution is -0.901. The van der Waals surface area contributed by atoms with Gasteiger partial charge >= 0.3 is 0 Å². The fraction of sp³-hybridized carbons (Fsp3) is 0.371. The molecule has 3 aromatic carbocycles. The summed E-state index contributed by atoms with van der Waals surface area (Å²) in [6, 6.07) is 14.2. The second kappa shape index (κ2) is 13.8. The number of benzene rings is 3. The molecule has 250 valence electrons. The van der Waals surface area contributed by atoms with Gasteiger partial charge in [0.05, 0.1) is 51.2 Å². The molecule has 1 amide bonds. The minimum absolute atomic E-state index is 0.0315. The Kier molecular flexibility index (Phi) is 10.3. The summed E-state index contributed by atoms with van der Waals surface area (Å²) in [6.45, 7) is 5.51. The Morgan fingerprint density at radius 3 is 2.40 bits per heavy atom. The zero-order chi connectivity index (χ0) is 34.1. The summed E-state index contributed by atoms with van der Waals surface area (Å²) in [4.78, 5) is 17.6. The third-order valence-electron chi connectivity index (χ3n) is 8.99. The van der Waals surface area contributed by atoms with Gasteiger partial charge in [-0.1, -0.05) is 60.5 Å². The number of carbonyl (C=O) groups is 1. The number of amides is 1. The van der Waals surface area contributed by atoms with Crippen molar-refractivity contribution < 1.29 is 27.9 Å². The Morgan fingerprint density at radius 2 is 1.77 bits per heavy atom. The quantitative estimate of drug-likeness (QED) is 0.146. The van der Waals surface area contributed by atoms with Crippen LogP contribution in [0.2, 0.25) is 10.0 Å². The number of halogens is 4. The summed E-state index contributed by atoms with van der Waals surface area (Å²) >= 11 is 14.1. The predicted molar refractivity (Wildman–Crippen MR) is 181 cm³/mol. The van der Waals surface area contributed by atoms with Gasteiger partial charge in [0.2, 0.25) is 0 Å². The van der Waals surface area contributed by atoms with E-state index in [1.807, 2.05) is 30.5 Å². The molecule has 0 spiro atoms. The first-order valence-corrected chi connectivity index (χ1v) is 17.0. The van der Waals surface area contributed by atoms with Crippen LogP contribution in [-0.2, 0) is 11.2 Å². The topological polar surface area (TPSA) is 79.2 Å². The number of ether oxygens (including phenoxy) is 1. The van der Waals surface area contributed by atoms with Gasteiger partial charge in [0.1, 0.15) is 17.4 Å². The molecule has 7 nitrogen and oxygen atoms in total. The van der Waals surface area contributed by atoms with Gasteiger partial charge in [-0.05, 0) is 66.9 Å². The number of nitrogens with zero attached hydrogens (tertiary/aromatic N) is 3. The highest BCUT2D eigenvalue weighted by Gasteiger charge is 2.32. The molecule has 0 unspecified atom stereocenters. The van der Waals surface area contributed by atoms with E-state index in [0.29, 0.717) is 34.5 Å². The molecule has 1 N–H and O–H groups in total. The number of aromatic nitrogens is 2. The Balaban J connectivity index is 1.38. The summed E-state index contributed by atoms with van der Waals surface area (Å²) in [6.07, 6.45) is 2.64. The molecular weight excluding hydrogens is 665 g/mol. The van der Waals surface area contributed by atoms with Crippen molar-refractivity contribution in [1.82, 2.24) is 14.9 Å². The molecule has 12 heteroatoms. The van der Waals surface area contributed by atoms with Crippen molar-refractivity contribution in [1.29, 1.82) is 0 Å². The number of carbonyl (C=O) groups excluding carboxylic acids is 1. The number of rotatable bonds is 10. The van der Waals surface area contributed by atoms with E-state index in [1.165, 1.54) is 30.0 Å². The van der Waals surface area contributed by atoms with Crippen LogP contribution in [0.25, 0.3) is 5.69 Å². The Labute approximate surface area is 288 Å². The molecule has 2 heterocycles. The van der Waals surface area contributed by atoms with Crippen LogP contribution in [0.5, 0.6) is 5.75 Å². The van der Waals surface area contributed by atoms with E-state index >= 15 is 4.39 Å². The molecule has 0 aliphatic carbocycles. The normalized spacial score (nSPS) is 15.8. The van der Waals surface area contributed by atoms with Crippen molar-refractivity contribution in [2.75, 3.05) is 40.8 Å². The van der Waals surface area contributed by atoms with E-state index in [9.17, 15) is 14.3 Å². The van der Waals surface area contributed by atoms with Gasteiger partial charge in [-0.2, -0.15) is 0 Å². The van der Waals surface area contributed by atoms with Crippen LogP contribution in [0.4, 0.5) is 8.78 Å². The van der Waals surface area contributed by atoms with Gasteiger partial charge in [-0.25, -0.2) is 13.8 Å². The Morgan fingerprint density at radius 1 is 1.09 bits per heavy atom. The molecular formula is C35H38Cl2F2N4O3S. The molecule has 1 saturated heterocycles.